The number of hydrogen-bond donors (Lipinski definition) is 1. The van der Waals surface area contributed by atoms with Crippen LogP contribution in [0.2, 0.25) is 0 Å². The van der Waals surface area contributed by atoms with Gasteiger partial charge >= 0.3 is 0 Å². The molecule has 0 aliphatic carbocycles. The largest absolute Gasteiger partial charge is 0.455 e. The van der Waals surface area contributed by atoms with Crippen LogP contribution in [0.5, 0.6) is 0 Å². The fourth-order valence-corrected chi connectivity index (χ4v) is 5.30. The zero-order valence-electron chi connectivity index (χ0n) is 25.6. The summed E-state index contributed by atoms with van der Waals surface area (Å²) < 4.78 is 26.1. The third kappa shape index (κ3) is 6.25. The van der Waals surface area contributed by atoms with E-state index < -0.39 is 0 Å². The predicted molar refractivity (Wildman–Crippen MR) is 180 cm³/mol. The van der Waals surface area contributed by atoms with E-state index in [0.717, 1.165) is 28.1 Å². The Morgan fingerprint density at radius 3 is 2.21 bits per heavy atom. The van der Waals surface area contributed by atoms with E-state index in [1.54, 1.807) is 25.4 Å². The van der Waals surface area contributed by atoms with Gasteiger partial charge in [-0.15, -0.1) is 0 Å². The quantitative estimate of drug-likeness (QED) is 0.198. The molecule has 0 radical (unpaired) electrons. The predicted octanol–water partition coefficient (Wildman–Crippen LogP) is 7.87. The average Bonchev–Trinajstić information content (AvgIpc) is 3.75. The van der Waals surface area contributed by atoms with Crippen molar-refractivity contribution in [2.45, 2.75) is 0 Å². The number of rotatable bonds is 6. The van der Waals surface area contributed by atoms with Gasteiger partial charge in [0.1, 0.15) is 30.7 Å². The molecule has 9 nitrogen and oxygen atoms in total. The van der Waals surface area contributed by atoms with Crippen LogP contribution in [0.4, 0.5) is 15.8 Å². The van der Waals surface area contributed by atoms with Crippen molar-refractivity contribution in [2.24, 2.45) is 0 Å². The lowest BCUT2D eigenvalue weighted by atomic mass is 9.96. The molecule has 3 aromatic heterocycles. The highest BCUT2D eigenvalue weighted by molar-refractivity contribution is 6.13. The van der Waals surface area contributed by atoms with E-state index in [1.807, 2.05) is 99.5 Å². The van der Waals surface area contributed by atoms with Gasteiger partial charge in [-0.2, -0.15) is 4.98 Å². The molecule has 1 N–H and O–H groups in total. The third-order valence-corrected chi connectivity index (χ3v) is 7.46. The molecule has 7 aromatic rings. The van der Waals surface area contributed by atoms with Crippen molar-refractivity contribution >= 4 is 53.1 Å². The molecule has 0 bridgehead atoms. The highest BCUT2D eigenvalue weighted by Crippen LogP contribution is 2.43. The molecule has 0 aliphatic rings. The normalized spacial score (nSPS) is 10.4. The topological polar surface area (TPSA) is 119 Å². The number of fused-ring (bicyclic) bond motifs is 2. The van der Waals surface area contributed by atoms with Crippen LogP contribution in [0.15, 0.2) is 118 Å². The van der Waals surface area contributed by atoms with Crippen molar-refractivity contribution in [2.75, 3.05) is 19.0 Å². The van der Waals surface area contributed by atoms with Crippen LogP contribution in [0.3, 0.4) is 0 Å². The van der Waals surface area contributed by atoms with Gasteiger partial charge < -0.3 is 28.6 Å². The van der Waals surface area contributed by atoms with Crippen LogP contribution in [-0.2, 0) is 9.59 Å². The highest BCUT2D eigenvalue weighted by Gasteiger charge is 2.25. The molecular weight excluding hydrogens is 599 g/mol. The zero-order valence-corrected chi connectivity index (χ0v) is 25.6. The van der Waals surface area contributed by atoms with E-state index in [1.165, 1.54) is 12.1 Å². The number of furan rings is 1. The molecule has 0 atom stereocenters. The minimum absolute atomic E-state index is 0.305. The summed E-state index contributed by atoms with van der Waals surface area (Å²) in [7, 11) is 3.56. The van der Waals surface area contributed by atoms with Gasteiger partial charge in [0.25, 0.3) is 5.91 Å². The van der Waals surface area contributed by atoms with Crippen molar-refractivity contribution in [3.63, 3.8) is 0 Å². The molecule has 47 heavy (non-hydrogen) atoms. The first-order valence-corrected chi connectivity index (χ1v) is 14.3. The van der Waals surface area contributed by atoms with Crippen LogP contribution >= 0.6 is 0 Å². The second-order valence-corrected chi connectivity index (χ2v) is 10.1. The van der Waals surface area contributed by atoms with Crippen molar-refractivity contribution < 1.29 is 27.6 Å². The van der Waals surface area contributed by atoms with Crippen LogP contribution in [0.25, 0.3) is 56.1 Å². The van der Waals surface area contributed by atoms with Crippen LogP contribution in [0.1, 0.15) is 10.4 Å². The first kappa shape index (κ1) is 32.0. The van der Waals surface area contributed by atoms with Crippen molar-refractivity contribution in [3.05, 3.63) is 121 Å². The van der Waals surface area contributed by atoms with Crippen LogP contribution in [-0.4, -0.2) is 43.5 Å². The lowest BCUT2D eigenvalue weighted by Crippen LogP contribution is -2.18. The van der Waals surface area contributed by atoms with Gasteiger partial charge in [-0.05, 0) is 72.3 Å². The summed E-state index contributed by atoms with van der Waals surface area (Å²) in [5, 5.41) is 3.37. The SMILES string of the molecule is C=O.C=O.CNC(=O)c1c(-c2ccc(F)cc2)oc2cc(N(C)c3ccccc3)c(-c3cccc(-c4nc5ncccc5o4)c3)cc12. The monoisotopic (exact) mass is 628 g/mol. The Hall–Kier alpha value is -6.42. The van der Waals surface area contributed by atoms with Gasteiger partial charge in [0.2, 0.25) is 5.89 Å². The van der Waals surface area contributed by atoms with Crippen molar-refractivity contribution in [1.29, 1.82) is 0 Å². The number of nitrogens with one attached hydrogen (secondary N) is 1. The Kier molecular flexibility index (Phi) is 9.61. The lowest BCUT2D eigenvalue weighted by Gasteiger charge is -2.23. The molecule has 0 aliphatic heterocycles. The molecule has 4 aromatic carbocycles. The molecule has 0 spiro atoms. The zero-order chi connectivity index (χ0) is 33.5. The maximum atomic E-state index is 13.8. The first-order chi connectivity index (χ1) is 23.0. The van der Waals surface area contributed by atoms with Crippen LogP contribution < -0.4 is 10.2 Å². The fourth-order valence-electron chi connectivity index (χ4n) is 5.30. The molecule has 0 saturated heterocycles. The number of carbonyl (C=O) groups is 3. The maximum Gasteiger partial charge on any atom is 0.255 e. The number of carbonyl (C=O) groups excluding carboxylic acids is 3. The van der Waals surface area contributed by atoms with E-state index in [2.05, 4.69) is 20.2 Å². The molecule has 7 rings (SSSR count). The van der Waals surface area contributed by atoms with Crippen molar-refractivity contribution in [3.8, 4) is 33.9 Å². The number of halogens is 1. The van der Waals surface area contributed by atoms with E-state index in [-0.39, 0.29) is 11.7 Å². The van der Waals surface area contributed by atoms with E-state index >= 15 is 0 Å². The summed E-state index contributed by atoms with van der Waals surface area (Å²) in [6.07, 6.45) is 1.68. The summed E-state index contributed by atoms with van der Waals surface area (Å²) in [5.41, 5.74) is 7.02. The number of nitrogens with zero attached hydrogens (tertiary/aromatic N) is 3. The standard InChI is InChI=1S/C35H25FN4O3.2CH2O/c1-37-34(41)31-27-19-26(22-8-6-9-23(18-22)35-39-33-29(43-35)12-7-17-38-33)28(40(2)25-10-4-3-5-11-25)20-30(27)42-32(31)21-13-15-24(36)16-14-21;2*1-2/h3-20H,1-2H3,(H,37,41);2*1H2. The lowest BCUT2D eigenvalue weighted by molar-refractivity contribution is -0.0987. The molecular formula is C37H29FN4O5. The second-order valence-electron chi connectivity index (χ2n) is 10.1. The van der Waals surface area contributed by atoms with E-state index in [9.17, 15) is 9.18 Å². The Morgan fingerprint density at radius 1 is 0.787 bits per heavy atom. The number of benzene rings is 4. The molecule has 0 fully saturated rings. The number of para-hydroxylation sites is 1. The number of amides is 1. The van der Waals surface area contributed by atoms with Gasteiger partial charge in [-0.25, -0.2) is 9.37 Å². The van der Waals surface area contributed by atoms with E-state index in [0.29, 0.717) is 45.0 Å². The fraction of sp³-hybridized carbons (Fsp3) is 0.0541. The minimum Gasteiger partial charge on any atom is -0.455 e. The number of aromatic nitrogens is 2. The summed E-state index contributed by atoms with van der Waals surface area (Å²) in [5.74, 6) is 0.154. The number of hydrogen-bond acceptors (Lipinski definition) is 8. The summed E-state index contributed by atoms with van der Waals surface area (Å²) in [6.45, 7) is 4.00. The highest BCUT2D eigenvalue weighted by atomic mass is 19.1. The summed E-state index contributed by atoms with van der Waals surface area (Å²) in [6, 6.07) is 31.4. The average molecular weight is 629 g/mol. The molecule has 1 amide bonds. The summed E-state index contributed by atoms with van der Waals surface area (Å²) in [4.78, 5) is 40.2. The maximum absolute atomic E-state index is 13.8. The Labute approximate surface area is 269 Å². The van der Waals surface area contributed by atoms with Crippen LogP contribution in [0, 0.1) is 5.82 Å². The molecule has 0 unspecified atom stereocenters. The van der Waals surface area contributed by atoms with Gasteiger partial charge in [0.05, 0.1) is 11.3 Å². The van der Waals surface area contributed by atoms with Gasteiger partial charge in [0, 0.05) is 54.1 Å². The number of oxazole rings is 1. The number of anilines is 2. The smallest absolute Gasteiger partial charge is 0.255 e. The van der Waals surface area contributed by atoms with Gasteiger partial charge in [-0.3, -0.25) is 4.79 Å². The third-order valence-electron chi connectivity index (χ3n) is 7.46. The Bertz CT molecular complexity index is 2120. The Morgan fingerprint density at radius 2 is 1.51 bits per heavy atom. The van der Waals surface area contributed by atoms with Gasteiger partial charge in [-0.1, -0.05) is 30.3 Å². The van der Waals surface area contributed by atoms with Gasteiger partial charge in [0.15, 0.2) is 11.2 Å². The minimum atomic E-state index is -0.370. The molecule has 0 saturated carbocycles. The van der Waals surface area contributed by atoms with Crippen molar-refractivity contribution in [1.82, 2.24) is 15.3 Å². The molecule has 3 heterocycles. The number of pyridine rings is 1. The summed E-state index contributed by atoms with van der Waals surface area (Å²) >= 11 is 0. The Balaban J connectivity index is 0.00000105. The molecule has 234 valence electrons. The first-order valence-electron chi connectivity index (χ1n) is 14.3. The second kappa shape index (κ2) is 14.1. The molecule has 10 heteroatoms. The van der Waals surface area contributed by atoms with E-state index in [4.69, 9.17) is 18.4 Å².